The number of rotatable bonds is 3. The summed E-state index contributed by atoms with van der Waals surface area (Å²) < 4.78 is 5.56. The lowest BCUT2D eigenvalue weighted by atomic mass is 10.2. The topological polar surface area (TPSA) is 86.5 Å². The van der Waals surface area contributed by atoms with Crippen LogP contribution in [0.5, 0.6) is 0 Å². The molecule has 2 N–H and O–H groups in total. The van der Waals surface area contributed by atoms with Gasteiger partial charge in [0.25, 0.3) is 0 Å². The average Bonchev–Trinajstić information content (AvgIpc) is 2.97. The second kappa shape index (κ2) is 4.45. The van der Waals surface area contributed by atoms with Gasteiger partial charge in [-0.15, -0.1) is 5.10 Å². The van der Waals surface area contributed by atoms with Crippen molar-refractivity contribution in [3.63, 3.8) is 0 Å². The SMILES string of the molecule is CNCc1nnc(N2CCN3C(=O)NCC3C2)o1. The summed E-state index contributed by atoms with van der Waals surface area (Å²) in [7, 11) is 1.83. The minimum Gasteiger partial charge on any atom is -0.407 e. The fraction of sp³-hybridized carbons (Fsp3) is 0.700. The quantitative estimate of drug-likeness (QED) is 0.718. The number of hydrogen-bond acceptors (Lipinski definition) is 6. The van der Waals surface area contributed by atoms with Crippen LogP contribution in [0.3, 0.4) is 0 Å². The van der Waals surface area contributed by atoms with Gasteiger partial charge in [0, 0.05) is 26.2 Å². The second-order valence-corrected chi connectivity index (χ2v) is 4.49. The highest BCUT2D eigenvalue weighted by Gasteiger charge is 2.36. The Labute approximate surface area is 104 Å². The summed E-state index contributed by atoms with van der Waals surface area (Å²) in [6.45, 7) is 3.41. The summed E-state index contributed by atoms with van der Waals surface area (Å²) in [5, 5.41) is 13.8. The summed E-state index contributed by atoms with van der Waals surface area (Å²) in [6.07, 6.45) is 0. The first-order valence-corrected chi connectivity index (χ1v) is 6.04. The molecule has 18 heavy (non-hydrogen) atoms. The molecular weight excluding hydrogens is 236 g/mol. The van der Waals surface area contributed by atoms with Crippen molar-refractivity contribution in [1.82, 2.24) is 25.7 Å². The number of piperazine rings is 1. The molecule has 8 heteroatoms. The number of anilines is 1. The van der Waals surface area contributed by atoms with E-state index in [-0.39, 0.29) is 12.1 Å². The number of amides is 2. The number of urea groups is 1. The molecule has 98 valence electrons. The smallest absolute Gasteiger partial charge is 0.318 e. The molecule has 2 fully saturated rings. The number of hydrogen-bond donors (Lipinski definition) is 2. The van der Waals surface area contributed by atoms with Gasteiger partial charge >= 0.3 is 12.0 Å². The Morgan fingerprint density at radius 3 is 3.22 bits per heavy atom. The maximum atomic E-state index is 11.5. The van der Waals surface area contributed by atoms with Crippen LogP contribution in [-0.2, 0) is 6.54 Å². The highest BCUT2D eigenvalue weighted by Crippen LogP contribution is 2.19. The van der Waals surface area contributed by atoms with Crippen molar-refractivity contribution < 1.29 is 9.21 Å². The molecule has 8 nitrogen and oxygen atoms in total. The summed E-state index contributed by atoms with van der Waals surface area (Å²) >= 11 is 0. The molecule has 1 aromatic heterocycles. The summed E-state index contributed by atoms with van der Waals surface area (Å²) in [5.41, 5.74) is 0. The molecule has 0 radical (unpaired) electrons. The number of nitrogens with one attached hydrogen (secondary N) is 2. The van der Waals surface area contributed by atoms with Crippen LogP contribution in [0.25, 0.3) is 0 Å². The van der Waals surface area contributed by atoms with Gasteiger partial charge in [-0.3, -0.25) is 0 Å². The predicted octanol–water partition coefficient (Wildman–Crippen LogP) is -0.997. The van der Waals surface area contributed by atoms with E-state index >= 15 is 0 Å². The van der Waals surface area contributed by atoms with Gasteiger partial charge in [0.05, 0.1) is 12.6 Å². The van der Waals surface area contributed by atoms with E-state index in [0.29, 0.717) is 31.5 Å². The molecule has 1 unspecified atom stereocenters. The fourth-order valence-corrected chi connectivity index (χ4v) is 2.37. The van der Waals surface area contributed by atoms with E-state index in [0.717, 1.165) is 13.1 Å². The molecule has 0 aliphatic carbocycles. The lowest BCUT2D eigenvalue weighted by Crippen LogP contribution is -2.52. The largest absolute Gasteiger partial charge is 0.407 e. The Bertz CT molecular complexity index is 447. The van der Waals surface area contributed by atoms with Crippen molar-refractivity contribution in [3.8, 4) is 0 Å². The molecule has 2 aliphatic heterocycles. The zero-order valence-corrected chi connectivity index (χ0v) is 10.2. The first kappa shape index (κ1) is 11.3. The van der Waals surface area contributed by atoms with Crippen LogP contribution in [0, 0.1) is 0 Å². The zero-order valence-electron chi connectivity index (χ0n) is 10.2. The first-order valence-electron chi connectivity index (χ1n) is 6.04. The van der Waals surface area contributed by atoms with Crippen LogP contribution in [0.15, 0.2) is 4.42 Å². The van der Waals surface area contributed by atoms with E-state index < -0.39 is 0 Å². The highest BCUT2D eigenvalue weighted by atomic mass is 16.4. The molecule has 0 bridgehead atoms. The lowest BCUT2D eigenvalue weighted by Gasteiger charge is -2.35. The third-order valence-electron chi connectivity index (χ3n) is 3.29. The minimum atomic E-state index is 0.0288. The van der Waals surface area contributed by atoms with Gasteiger partial charge in [0.1, 0.15) is 0 Å². The number of nitrogens with zero attached hydrogens (tertiary/aromatic N) is 4. The van der Waals surface area contributed by atoms with E-state index in [4.69, 9.17) is 4.42 Å². The van der Waals surface area contributed by atoms with Gasteiger partial charge in [-0.05, 0) is 7.05 Å². The minimum absolute atomic E-state index is 0.0288. The Morgan fingerprint density at radius 1 is 1.50 bits per heavy atom. The van der Waals surface area contributed by atoms with E-state index in [1.807, 2.05) is 16.8 Å². The van der Waals surface area contributed by atoms with Crippen molar-refractivity contribution in [1.29, 1.82) is 0 Å². The number of carbonyl (C=O) groups excluding carboxylic acids is 1. The Hall–Kier alpha value is -1.83. The van der Waals surface area contributed by atoms with Gasteiger partial charge in [-0.1, -0.05) is 5.10 Å². The molecule has 0 saturated carbocycles. The first-order chi connectivity index (χ1) is 8.78. The molecule has 0 spiro atoms. The van der Waals surface area contributed by atoms with Gasteiger partial charge < -0.3 is 24.9 Å². The van der Waals surface area contributed by atoms with Crippen molar-refractivity contribution in [2.75, 3.05) is 38.1 Å². The van der Waals surface area contributed by atoms with Gasteiger partial charge in [-0.2, -0.15) is 0 Å². The van der Waals surface area contributed by atoms with E-state index in [1.54, 1.807) is 0 Å². The standard InChI is InChI=1S/C10H16N6O2/c1-11-5-8-13-14-10(18-8)15-2-3-16-7(6-15)4-12-9(16)17/h7,11H,2-6H2,1H3,(H,12,17). The Kier molecular flexibility index (Phi) is 2.78. The second-order valence-electron chi connectivity index (χ2n) is 4.49. The predicted molar refractivity (Wildman–Crippen MR) is 63.2 cm³/mol. The van der Waals surface area contributed by atoms with E-state index in [2.05, 4.69) is 20.8 Å². The van der Waals surface area contributed by atoms with Gasteiger partial charge in [-0.25, -0.2) is 4.79 Å². The monoisotopic (exact) mass is 252 g/mol. The Balaban J connectivity index is 1.68. The molecule has 2 aliphatic rings. The molecule has 1 atom stereocenters. The zero-order chi connectivity index (χ0) is 12.5. The van der Waals surface area contributed by atoms with Crippen molar-refractivity contribution in [3.05, 3.63) is 5.89 Å². The number of carbonyl (C=O) groups is 1. The maximum Gasteiger partial charge on any atom is 0.318 e. The van der Waals surface area contributed by atoms with Crippen molar-refractivity contribution in [2.24, 2.45) is 0 Å². The highest BCUT2D eigenvalue weighted by molar-refractivity contribution is 5.77. The average molecular weight is 252 g/mol. The van der Waals surface area contributed by atoms with Crippen LogP contribution < -0.4 is 15.5 Å². The van der Waals surface area contributed by atoms with Crippen molar-refractivity contribution in [2.45, 2.75) is 12.6 Å². The molecule has 2 saturated heterocycles. The molecular formula is C10H16N6O2. The summed E-state index contributed by atoms with van der Waals surface area (Å²) in [5.74, 6) is 0.579. The Morgan fingerprint density at radius 2 is 2.39 bits per heavy atom. The lowest BCUT2D eigenvalue weighted by molar-refractivity contribution is 0.196. The molecule has 3 heterocycles. The third-order valence-corrected chi connectivity index (χ3v) is 3.29. The van der Waals surface area contributed by atoms with Gasteiger partial charge in [0.2, 0.25) is 5.89 Å². The fourth-order valence-electron chi connectivity index (χ4n) is 2.37. The van der Waals surface area contributed by atoms with Crippen molar-refractivity contribution >= 4 is 12.0 Å². The normalized spacial score (nSPS) is 23.2. The van der Waals surface area contributed by atoms with Crippen LogP contribution in [0.2, 0.25) is 0 Å². The molecule has 2 amide bonds. The maximum absolute atomic E-state index is 11.5. The third kappa shape index (κ3) is 1.88. The van der Waals surface area contributed by atoms with Crippen LogP contribution in [0.1, 0.15) is 5.89 Å². The molecule has 1 aromatic rings. The van der Waals surface area contributed by atoms with Crippen LogP contribution in [0.4, 0.5) is 10.8 Å². The summed E-state index contributed by atoms with van der Waals surface area (Å²) in [4.78, 5) is 15.4. The van der Waals surface area contributed by atoms with E-state index in [9.17, 15) is 4.79 Å². The van der Waals surface area contributed by atoms with Crippen LogP contribution >= 0.6 is 0 Å². The van der Waals surface area contributed by atoms with Crippen LogP contribution in [-0.4, -0.2) is 60.4 Å². The molecule has 0 aromatic carbocycles. The molecule has 3 rings (SSSR count). The summed E-state index contributed by atoms with van der Waals surface area (Å²) in [6, 6.07) is 0.770. The number of aromatic nitrogens is 2. The van der Waals surface area contributed by atoms with Gasteiger partial charge in [0.15, 0.2) is 0 Å². The van der Waals surface area contributed by atoms with E-state index in [1.165, 1.54) is 0 Å². The number of fused-ring (bicyclic) bond motifs is 1.